The van der Waals surface area contributed by atoms with Crippen molar-refractivity contribution in [1.29, 1.82) is 0 Å². The van der Waals surface area contributed by atoms with Gasteiger partial charge in [0.05, 0.1) is 22.6 Å². The summed E-state index contributed by atoms with van der Waals surface area (Å²) in [6.45, 7) is 5.86. The molecule has 96 valence electrons. The Morgan fingerprint density at radius 3 is 2.94 bits per heavy atom. The van der Waals surface area contributed by atoms with Gasteiger partial charge in [0.15, 0.2) is 0 Å². The number of halogens is 1. The van der Waals surface area contributed by atoms with Crippen LogP contribution in [0.2, 0.25) is 5.02 Å². The number of hydrogen-bond donors (Lipinski definition) is 1. The molecule has 0 saturated carbocycles. The number of nitrogens with zero attached hydrogens (tertiary/aromatic N) is 3. The van der Waals surface area contributed by atoms with E-state index in [4.69, 9.17) is 11.6 Å². The van der Waals surface area contributed by atoms with Gasteiger partial charge in [0.25, 0.3) is 0 Å². The Hall–Kier alpha value is -1.39. The van der Waals surface area contributed by atoms with Gasteiger partial charge in [-0.1, -0.05) is 29.8 Å². The Balaban J connectivity index is 2.13. The maximum atomic E-state index is 6.20. The van der Waals surface area contributed by atoms with Crippen molar-refractivity contribution in [1.82, 2.24) is 20.3 Å². The van der Waals surface area contributed by atoms with Crippen LogP contribution in [-0.2, 0) is 6.54 Å². The van der Waals surface area contributed by atoms with E-state index in [1.165, 1.54) is 0 Å². The summed E-state index contributed by atoms with van der Waals surface area (Å²) in [5.41, 5.74) is 2.91. The maximum Gasteiger partial charge on any atom is 0.0969 e. The zero-order valence-electron chi connectivity index (χ0n) is 10.7. The molecule has 1 aromatic heterocycles. The second-order valence-electron chi connectivity index (χ2n) is 4.29. The van der Waals surface area contributed by atoms with E-state index in [1.54, 1.807) is 4.68 Å². The maximum absolute atomic E-state index is 6.20. The molecule has 1 aromatic carbocycles. The molecule has 2 aromatic rings. The van der Waals surface area contributed by atoms with Gasteiger partial charge in [-0.25, -0.2) is 4.68 Å². The van der Waals surface area contributed by atoms with Crippen LogP contribution in [0.5, 0.6) is 0 Å². The number of aryl methyl sites for hydroxylation is 1. The Kier molecular flexibility index (Phi) is 4.33. The van der Waals surface area contributed by atoms with E-state index in [1.807, 2.05) is 31.3 Å². The van der Waals surface area contributed by atoms with E-state index in [0.29, 0.717) is 5.02 Å². The lowest BCUT2D eigenvalue weighted by Crippen LogP contribution is -2.13. The Morgan fingerprint density at radius 1 is 1.39 bits per heavy atom. The first-order valence-corrected chi connectivity index (χ1v) is 6.47. The second kappa shape index (κ2) is 5.98. The highest BCUT2D eigenvalue weighted by molar-refractivity contribution is 6.32. The minimum absolute atomic E-state index is 0.688. The van der Waals surface area contributed by atoms with Crippen molar-refractivity contribution in [3.63, 3.8) is 0 Å². The molecule has 0 unspecified atom stereocenters. The summed E-state index contributed by atoms with van der Waals surface area (Å²) in [5.74, 6) is 0. The first kappa shape index (κ1) is 13.1. The van der Waals surface area contributed by atoms with Gasteiger partial charge in [-0.05, 0) is 37.6 Å². The zero-order chi connectivity index (χ0) is 13.0. The van der Waals surface area contributed by atoms with E-state index in [0.717, 1.165) is 36.5 Å². The van der Waals surface area contributed by atoms with Crippen LogP contribution >= 0.6 is 11.6 Å². The highest BCUT2D eigenvalue weighted by Crippen LogP contribution is 2.20. The molecule has 0 aliphatic rings. The average Bonchev–Trinajstić information content (AvgIpc) is 2.78. The predicted molar refractivity (Wildman–Crippen MR) is 73.1 cm³/mol. The van der Waals surface area contributed by atoms with Gasteiger partial charge in [0, 0.05) is 6.54 Å². The fraction of sp³-hybridized carbons (Fsp3) is 0.385. The van der Waals surface area contributed by atoms with Crippen molar-refractivity contribution < 1.29 is 0 Å². The summed E-state index contributed by atoms with van der Waals surface area (Å²) in [5, 5.41) is 12.2. The summed E-state index contributed by atoms with van der Waals surface area (Å²) in [7, 11) is 0. The molecular formula is C13H17ClN4. The number of benzene rings is 1. The molecule has 2 rings (SSSR count). The van der Waals surface area contributed by atoms with Gasteiger partial charge in [0.2, 0.25) is 0 Å². The lowest BCUT2D eigenvalue weighted by Gasteiger charge is -2.03. The minimum Gasteiger partial charge on any atom is -0.311 e. The summed E-state index contributed by atoms with van der Waals surface area (Å²) in [4.78, 5) is 0. The van der Waals surface area contributed by atoms with E-state index in [9.17, 15) is 0 Å². The summed E-state index contributed by atoms with van der Waals surface area (Å²) >= 11 is 6.20. The van der Waals surface area contributed by atoms with Crippen molar-refractivity contribution >= 4 is 11.6 Å². The normalized spacial score (nSPS) is 10.8. The SMILES string of the molecule is CCCNCc1cn(-c2ccc(C)cc2Cl)nn1. The van der Waals surface area contributed by atoms with Crippen molar-refractivity contribution in [2.75, 3.05) is 6.54 Å². The van der Waals surface area contributed by atoms with Gasteiger partial charge in [0.1, 0.15) is 0 Å². The topological polar surface area (TPSA) is 42.7 Å². The molecule has 0 bridgehead atoms. The van der Waals surface area contributed by atoms with Crippen molar-refractivity contribution in [2.45, 2.75) is 26.8 Å². The fourth-order valence-electron chi connectivity index (χ4n) is 1.69. The Bertz CT molecular complexity index is 521. The first-order valence-electron chi connectivity index (χ1n) is 6.09. The standard InChI is InChI=1S/C13H17ClN4/c1-3-6-15-8-11-9-18(17-16-11)13-5-4-10(2)7-12(13)14/h4-5,7,9,15H,3,6,8H2,1-2H3. The summed E-state index contributed by atoms with van der Waals surface area (Å²) in [6, 6.07) is 5.89. The largest absolute Gasteiger partial charge is 0.311 e. The first-order chi connectivity index (χ1) is 8.70. The molecule has 18 heavy (non-hydrogen) atoms. The smallest absolute Gasteiger partial charge is 0.0969 e. The molecule has 0 saturated heterocycles. The summed E-state index contributed by atoms with van der Waals surface area (Å²) in [6.07, 6.45) is 3.01. The summed E-state index contributed by atoms with van der Waals surface area (Å²) < 4.78 is 1.71. The van der Waals surface area contributed by atoms with Crippen LogP contribution in [0.4, 0.5) is 0 Å². The number of hydrogen-bond acceptors (Lipinski definition) is 3. The van der Waals surface area contributed by atoms with Crippen LogP contribution < -0.4 is 5.32 Å². The van der Waals surface area contributed by atoms with Crippen LogP contribution in [0.1, 0.15) is 24.6 Å². The van der Waals surface area contributed by atoms with Gasteiger partial charge in [-0.3, -0.25) is 0 Å². The quantitative estimate of drug-likeness (QED) is 0.845. The van der Waals surface area contributed by atoms with Crippen LogP contribution in [0.25, 0.3) is 5.69 Å². The van der Waals surface area contributed by atoms with Gasteiger partial charge < -0.3 is 5.32 Å². The molecule has 1 heterocycles. The van der Waals surface area contributed by atoms with E-state index < -0.39 is 0 Å². The molecule has 5 heteroatoms. The molecule has 0 fully saturated rings. The third-order valence-electron chi connectivity index (χ3n) is 2.62. The fourth-order valence-corrected chi connectivity index (χ4v) is 2.01. The van der Waals surface area contributed by atoms with Crippen LogP contribution in [0, 0.1) is 6.92 Å². The van der Waals surface area contributed by atoms with E-state index in [-0.39, 0.29) is 0 Å². The van der Waals surface area contributed by atoms with E-state index in [2.05, 4.69) is 22.6 Å². The molecule has 0 aliphatic carbocycles. The molecule has 0 atom stereocenters. The van der Waals surface area contributed by atoms with Crippen LogP contribution in [0.15, 0.2) is 24.4 Å². The van der Waals surface area contributed by atoms with Crippen molar-refractivity contribution in [3.8, 4) is 5.69 Å². The van der Waals surface area contributed by atoms with Gasteiger partial charge >= 0.3 is 0 Å². The third kappa shape index (κ3) is 3.09. The minimum atomic E-state index is 0.688. The number of rotatable bonds is 5. The molecular weight excluding hydrogens is 248 g/mol. The molecule has 0 spiro atoms. The van der Waals surface area contributed by atoms with Gasteiger partial charge in [-0.2, -0.15) is 0 Å². The van der Waals surface area contributed by atoms with Gasteiger partial charge in [-0.15, -0.1) is 5.10 Å². The zero-order valence-corrected chi connectivity index (χ0v) is 11.4. The molecule has 0 aliphatic heterocycles. The monoisotopic (exact) mass is 264 g/mol. The lowest BCUT2D eigenvalue weighted by atomic mass is 10.2. The highest BCUT2D eigenvalue weighted by Gasteiger charge is 2.06. The highest BCUT2D eigenvalue weighted by atomic mass is 35.5. The van der Waals surface area contributed by atoms with E-state index >= 15 is 0 Å². The molecule has 0 amide bonds. The third-order valence-corrected chi connectivity index (χ3v) is 2.93. The number of nitrogens with one attached hydrogen (secondary N) is 1. The average molecular weight is 265 g/mol. The Labute approximate surface area is 112 Å². The number of aromatic nitrogens is 3. The second-order valence-corrected chi connectivity index (χ2v) is 4.69. The lowest BCUT2D eigenvalue weighted by molar-refractivity contribution is 0.662. The molecule has 1 N–H and O–H groups in total. The van der Waals surface area contributed by atoms with Crippen molar-refractivity contribution in [2.24, 2.45) is 0 Å². The van der Waals surface area contributed by atoms with Crippen molar-refractivity contribution in [3.05, 3.63) is 40.7 Å². The van der Waals surface area contributed by atoms with Crippen LogP contribution in [0.3, 0.4) is 0 Å². The molecule has 0 radical (unpaired) electrons. The molecule has 4 nitrogen and oxygen atoms in total. The predicted octanol–water partition coefficient (Wildman–Crippen LogP) is 2.73. The Morgan fingerprint density at radius 2 is 2.22 bits per heavy atom. The van der Waals surface area contributed by atoms with Crippen LogP contribution in [-0.4, -0.2) is 21.5 Å².